The summed E-state index contributed by atoms with van der Waals surface area (Å²) in [4.78, 5) is 18.1. The lowest BCUT2D eigenvalue weighted by atomic mass is 9.95. The van der Waals surface area contributed by atoms with Gasteiger partial charge in [0.2, 0.25) is 0 Å². The largest absolute Gasteiger partial charge is 0.476 e. The molecule has 2 N–H and O–H groups in total. The van der Waals surface area contributed by atoms with Gasteiger partial charge in [-0.2, -0.15) is 22.0 Å². The Balaban J connectivity index is 1.40. The third-order valence-electron chi connectivity index (χ3n) is 6.42. The number of aromatic nitrogens is 2. The van der Waals surface area contributed by atoms with E-state index in [1.807, 2.05) is 0 Å². The molecule has 1 aromatic carbocycles. The summed E-state index contributed by atoms with van der Waals surface area (Å²) in [5.41, 5.74) is -1.13. The minimum atomic E-state index is -4.48. The number of carboxylic acids is 1. The highest BCUT2D eigenvalue weighted by atomic mass is 32.2. The number of carbonyl (C=O) groups is 1. The number of aliphatic carboxylic acids is 1. The quantitative estimate of drug-likeness (QED) is 0.369. The lowest BCUT2D eigenvalue weighted by Crippen LogP contribution is -2.33. The molecule has 0 atom stereocenters. The highest BCUT2D eigenvalue weighted by molar-refractivity contribution is 7.92. The van der Waals surface area contributed by atoms with Crippen molar-refractivity contribution < 1.29 is 40.3 Å². The molecule has 38 heavy (non-hydrogen) atoms. The molecule has 0 amide bonds. The van der Waals surface area contributed by atoms with Crippen molar-refractivity contribution in [2.45, 2.75) is 54.0 Å². The molecule has 2 heterocycles. The Kier molecular flexibility index (Phi) is 7.42. The van der Waals surface area contributed by atoms with Gasteiger partial charge in [0.25, 0.3) is 0 Å². The lowest BCUT2D eigenvalue weighted by molar-refractivity contribution is -0.166. The van der Waals surface area contributed by atoms with E-state index in [-0.39, 0.29) is 22.3 Å². The van der Waals surface area contributed by atoms with Gasteiger partial charge < -0.3 is 10.4 Å². The number of hydrogen-bond donors (Lipinski definition) is 2. The van der Waals surface area contributed by atoms with Crippen molar-refractivity contribution in [3.63, 3.8) is 0 Å². The molecule has 2 aromatic heterocycles. The third kappa shape index (κ3) is 5.77. The first kappa shape index (κ1) is 27.4. The van der Waals surface area contributed by atoms with Crippen LogP contribution in [0.5, 0.6) is 0 Å². The van der Waals surface area contributed by atoms with Gasteiger partial charge in [0.1, 0.15) is 11.5 Å². The number of benzene rings is 1. The Morgan fingerprint density at radius 1 is 0.895 bits per heavy atom. The highest BCUT2D eigenvalue weighted by Gasteiger charge is 2.42. The fourth-order valence-electron chi connectivity index (χ4n) is 4.29. The zero-order chi connectivity index (χ0) is 27.7. The lowest BCUT2D eigenvalue weighted by Gasteiger charge is -2.29. The maximum absolute atomic E-state index is 13.8. The zero-order valence-corrected chi connectivity index (χ0v) is 20.4. The Bertz CT molecular complexity index is 1400. The summed E-state index contributed by atoms with van der Waals surface area (Å²) >= 11 is 0. The predicted molar refractivity (Wildman–Crippen MR) is 127 cm³/mol. The molecule has 0 spiro atoms. The van der Waals surface area contributed by atoms with Crippen LogP contribution in [0.4, 0.5) is 27.8 Å². The number of rotatable bonds is 7. The van der Waals surface area contributed by atoms with E-state index >= 15 is 0 Å². The van der Waals surface area contributed by atoms with Gasteiger partial charge in [-0.05, 0) is 73.2 Å². The van der Waals surface area contributed by atoms with Crippen molar-refractivity contribution in [2.24, 2.45) is 0 Å². The standard InChI is InChI=1S/C25H22F5N3O4S/c26-24(27,23(34)35)21-13-16(11-12-31-21)15-1-6-19(7-2-15)38(36,37)20-8-4-18(5-9-20)33-22-10-3-17(14-32-22)25(28,29)30/h1-3,6-7,10-14,18,20H,4-5,8-9H2,(H,32,33)(H,34,35). The van der Waals surface area contributed by atoms with Crippen LogP contribution in [0.3, 0.4) is 0 Å². The topological polar surface area (TPSA) is 109 Å². The molecular formula is C25H22F5N3O4S. The van der Waals surface area contributed by atoms with Crippen LogP contribution in [-0.2, 0) is 26.7 Å². The normalized spacial score (nSPS) is 18.7. The summed E-state index contributed by atoms with van der Waals surface area (Å²) in [6.07, 6.45) is -1.07. The van der Waals surface area contributed by atoms with Crippen LogP contribution in [0.15, 0.2) is 65.8 Å². The van der Waals surface area contributed by atoms with Gasteiger partial charge in [-0.15, -0.1) is 0 Å². The third-order valence-corrected chi connectivity index (χ3v) is 8.70. The van der Waals surface area contributed by atoms with Gasteiger partial charge in [-0.1, -0.05) is 12.1 Å². The molecule has 4 rings (SSSR count). The van der Waals surface area contributed by atoms with Crippen molar-refractivity contribution in [3.05, 3.63) is 72.2 Å². The molecule has 0 bridgehead atoms. The average molecular weight is 556 g/mol. The molecule has 0 aliphatic heterocycles. The molecule has 13 heteroatoms. The zero-order valence-electron chi connectivity index (χ0n) is 19.6. The van der Waals surface area contributed by atoms with Gasteiger partial charge in [0.05, 0.1) is 15.7 Å². The second kappa shape index (κ2) is 10.3. The maximum Gasteiger partial charge on any atom is 0.417 e. The van der Waals surface area contributed by atoms with Gasteiger partial charge in [0.15, 0.2) is 9.84 Å². The minimum Gasteiger partial charge on any atom is -0.476 e. The monoisotopic (exact) mass is 555 g/mol. The highest BCUT2D eigenvalue weighted by Crippen LogP contribution is 2.33. The summed E-state index contributed by atoms with van der Waals surface area (Å²) in [7, 11) is -3.70. The second-order valence-corrected chi connectivity index (χ2v) is 11.2. The summed E-state index contributed by atoms with van der Waals surface area (Å²) < 4.78 is 92.1. The number of carboxylic acid groups (broad SMARTS) is 1. The molecule has 1 fully saturated rings. The number of alkyl halides is 5. The molecule has 3 aromatic rings. The predicted octanol–water partition coefficient (Wildman–Crippen LogP) is 5.54. The number of nitrogens with one attached hydrogen (secondary N) is 1. The van der Waals surface area contributed by atoms with Crippen molar-refractivity contribution in [3.8, 4) is 11.1 Å². The van der Waals surface area contributed by atoms with E-state index in [1.165, 1.54) is 36.4 Å². The smallest absolute Gasteiger partial charge is 0.417 e. The van der Waals surface area contributed by atoms with E-state index in [0.717, 1.165) is 24.5 Å². The number of anilines is 1. The number of sulfone groups is 1. The molecule has 7 nitrogen and oxygen atoms in total. The molecule has 1 saturated carbocycles. The first-order chi connectivity index (χ1) is 17.8. The summed E-state index contributed by atoms with van der Waals surface area (Å²) in [5, 5.41) is 11.1. The fraction of sp³-hybridized carbons (Fsp3) is 0.320. The second-order valence-electron chi connectivity index (χ2n) is 8.93. The average Bonchev–Trinajstić information content (AvgIpc) is 2.89. The Morgan fingerprint density at radius 2 is 1.55 bits per heavy atom. The fourth-order valence-corrected chi connectivity index (χ4v) is 6.09. The van der Waals surface area contributed by atoms with Crippen LogP contribution in [0.2, 0.25) is 0 Å². The number of pyridine rings is 2. The maximum atomic E-state index is 13.8. The van der Waals surface area contributed by atoms with E-state index in [4.69, 9.17) is 5.11 Å². The van der Waals surface area contributed by atoms with E-state index in [0.29, 0.717) is 31.2 Å². The van der Waals surface area contributed by atoms with Crippen molar-refractivity contribution in [1.29, 1.82) is 0 Å². The van der Waals surface area contributed by atoms with E-state index in [9.17, 15) is 35.2 Å². The molecule has 1 aliphatic carbocycles. The summed E-state index contributed by atoms with van der Waals surface area (Å²) in [6.45, 7) is 0. The Hall–Kier alpha value is -3.61. The molecule has 0 radical (unpaired) electrons. The van der Waals surface area contributed by atoms with E-state index in [2.05, 4.69) is 15.3 Å². The molecule has 0 saturated heterocycles. The first-order valence-electron chi connectivity index (χ1n) is 11.5. The number of halogens is 5. The van der Waals surface area contributed by atoms with Crippen LogP contribution in [0, 0.1) is 0 Å². The molecular weight excluding hydrogens is 533 g/mol. The Labute approximate surface area is 214 Å². The number of nitrogens with zero attached hydrogens (tertiary/aromatic N) is 2. The van der Waals surface area contributed by atoms with Gasteiger partial charge in [0, 0.05) is 18.4 Å². The van der Waals surface area contributed by atoms with Crippen LogP contribution >= 0.6 is 0 Å². The van der Waals surface area contributed by atoms with Gasteiger partial charge >= 0.3 is 18.1 Å². The van der Waals surface area contributed by atoms with Crippen LogP contribution < -0.4 is 5.32 Å². The first-order valence-corrected chi connectivity index (χ1v) is 13.0. The molecule has 202 valence electrons. The summed E-state index contributed by atoms with van der Waals surface area (Å²) in [6, 6.07) is 10.0. The molecule has 1 aliphatic rings. The van der Waals surface area contributed by atoms with Crippen molar-refractivity contribution in [1.82, 2.24) is 9.97 Å². The van der Waals surface area contributed by atoms with Crippen molar-refractivity contribution >= 4 is 21.6 Å². The van der Waals surface area contributed by atoms with Crippen LogP contribution in [-0.4, -0.2) is 40.8 Å². The number of hydrogen-bond acceptors (Lipinski definition) is 6. The Morgan fingerprint density at radius 3 is 2.11 bits per heavy atom. The van der Waals surface area contributed by atoms with Gasteiger partial charge in [-0.25, -0.2) is 18.2 Å². The SMILES string of the molecule is O=C(O)C(F)(F)c1cc(-c2ccc(S(=O)(=O)C3CCC(Nc4ccc(C(F)(F)F)cn4)CC3)cc2)ccn1. The van der Waals surface area contributed by atoms with E-state index in [1.54, 1.807) is 0 Å². The molecule has 0 unspecified atom stereocenters. The van der Waals surface area contributed by atoms with Crippen LogP contribution in [0.25, 0.3) is 11.1 Å². The van der Waals surface area contributed by atoms with E-state index < -0.39 is 44.4 Å². The van der Waals surface area contributed by atoms with Crippen molar-refractivity contribution in [2.75, 3.05) is 5.32 Å². The van der Waals surface area contributed by atoms with Crippen LogP contribution in [0.1, 0.15) is 36.9 Å². The van der Waals surface area contributed by atoms with Gasteiger partial charge in [-0.3, -0.25) is 4.98 Å². The minimum absolute atomic E-state index is 0.0622. The summed E-state index contributed by atoms with van der Waals surface area (Å²) in [5.74, 6) is -6.22.